The number of likely N-dealkylation sites (N-methyl/N-ethyl adjacent to an activating group) is 1. The smallest absolute Gasteiger partial charge is 0.408 e. The Kier molecular flexibility index (Phi) is 6.47. The molecule has 0 aliphatic heterocycles. The van der Waals surface area contributed by atoms with Crippen LogP contribution < -0.4 is 16.1 Å². The Bertz CT molecular complexity index is 526. The maximum Gasteiger partial charge on any atom is 0.408 e. The topological polar surface area (TPSA) is 67.4 Å². The fourth-order valence-corrected chi connectivity index (χ4v) is 1.91. The van der Waals surface area contributed by atoms with Crippen molar-refractivity contribution in [3.05, 3.63) is 29.8 Å². The first-order chi connectivity index (χ1) is 10.2. The zero-order valence-corrected chi connectivity index (χ0v) is 13.6. The molecule has 2 radical (unpaired) electrons. The summed E-state index contributed by atoms with van der Waals surface area (Å²) in [4.78, 5) is 24.0. The van der Waals surface area contributed by atoms with Gasteiger partial charge in [-0.2, -0.15) is 0 Å². The minimum Gasteiger partial charge on any atom is -0.444 e. The molecule has 1 rings (SSSR count). The highest BCUT2D eigenvalue weighted by Crippen LogP contribution is 2.08. The number of rotatable bonds is 5. The summed E-state index contributed by atoms with van der Waals surface area (Å²) in [6.45, 7) is 7.62. The molecular formula is C16H23BN2O3. The number of nitrogens with one attached hydrogen (secondary N) is 2. The van der Waals surface area contributed by atoms with Gasteiger partial charge in [0, 0.05) is 13.0 Å². The van der Waals surface area contributed by atoms with E-state index >= 15 is 0 Å². The number of alkyl carbamates (subject to hydrolysis) is 1. The van der Waals surface area contributed by atoms with E-state index < -0.39 is 17.7 Å². The standard InChI is InChI=1S/C16H23BN2O3/c1-5-18-14(20)13(19-15(21)22-16(2,3)4)10-11-7-6-8-12(17)9-11/h6-9,13H,5,10H2,1-4H3,(H,18,20)(H,19,21). The van der Waals surface area contributed by atoms with Crippen LogP contribution in [0.3, 0.4) is 0 Å². The molecule has 0 aliphatic carbocycles. The SMILES string of the molecule is [B]c1cccc(CC(NC(=O)OC(C)(C)C)C(=O)NCC)c1. The van der Waals surface area contributed by atoms with Crippen LogP contribution in [0.2, 0.25) is 0 Å². The predicted molar refractivity (Wildman–Crippen MR) is 87.4 cm³/mol. The molecule has 118 valence electrons. The van der Waals surface area contributed by atoms with Crippen LogP contribution in [-0.4, -0.2) is 38.0 Å². The average Bonchev–Trinajstić information content (AvgIpc) is 2.36. The summed E-state index contributed by atoms with van der Waals surface area (Å²) in [5.41, 5.74) is 0.865. The van der Waals surface area contributed by atoms with Gasteiger partial charge in [0.1, 0.15) is 19.5 Å². The first-order valence-electron chi connectivity index (χ1n) is 7.33. The Balaban J connectivity index is 2.80. The summed E-state index contributed by atoms with van der Waals surface area (Å²) in [5, 5.41) is 5.32. The highest BCUT2D eigenvalue weighted by atomic mass is 16.6. The molecule has 1 aromatic carbocycles. The zero-order valence-electron chi connectivity index (χ0n) is 13.6. The molecule has 1 aromatic rings. The second-order valence-corrected chi connectivity index (χ2v) is 6.04. The van der Waals surface area contributed by atoms with E-state index in [-0.39, 0.29) is 5.91 Å². The fraction of sp³-hybridized carbons (Fsp3) is 0.500. The molecule has 1 unspecified atom stereocenters. The van der Waals surface area contributed by atoms with Crippen molar-refractivity contribution in [2.24, 2.45) is 0 Å². The molecule has 2 amide bonds. The summed E-state index contributed by atoms with van der Waals surface area (Å²) in [6, 6.07) is 6.51. The van der Waals surface area contributed by atoms with E-state index in [1.165, 1.54) is 0 Å². The largest absolute Gasteiger partial charge is 0.444 e. The summed E-state index contributed by atoms with van der Waals surface area (Å²) in [6.07, 6.45) is -0.275. The Labute approximate surface area is 133 Å². The molecule has 0 spiro atoms. The Hall–Kier alpha value is -1.98. The molecule has 6 heteroatoms. The quantitative estimate of drug-likeness (QED) is 0.799. The number of carbonyl (C=O) groups excluding carboxylic acids is 2. The highest BCUT2D eigenvalue weighted by Gasteiger charge is 2.24. The minimum atomic E-state index is -0.711. The third-order valence-electron chi connectivity index (χ3n) is 2.75. The molecule has 0 saturated heterocycles. The molecule has 5 nitrogen and oxygen atoms in total. The first-order valence-corrected chi connectivity index (χ1v) is 7.33. The number of hydrogen-bond acceptors (Lipinski definition) is 3. The number of hydrogen-bond donors (Lipinski definition) is 2. The Morgan fingerprint density at radius 1 is 1.32 bits per heavy atom. The number of benzene rings is 1. The van der Waals surface area contributed by atoms with Crippen LogP contribution in [0.15, 0.2) is 24.3 Å². The van der Waals surface area contributed by atoms with Gasteiger partial charge in [0.15, 0.2) is 0 Å². The number of ether oxygens (including phenoxy) is 1. The summed E-state index contributed by atoms with van der Waals surface area (Å²) >= 11 is 0. The second kappa shape index (κ2) is 7.87. The van der Waals surface area contributed by atoms with Crippen molar-refractivity contribution in [3.63, 3.8) is 0 Å². The van der Waals surface area contributed by atoms with E-state index in [0.717, 1.165) is 5.56 Å². The predicted octanol–water partition coefficient (Wildman–Crippen LogP) is 1.05. The fourth-order valence-electron chi connectivity index (χ4n) is 1.91. The van der Waals surface area contributed by atoms with Crippen LogP contribution in [0.5, 0.6) is 0 Å². The number of carbonyl (C=O) groups is 2. The van der Waals surface area contributed by atoms with E-state index in [9.17, 15) is 9.59 Å². The molecule has 0 aromatic heterocycles. The van der Waals surface area contributed by atoms with Gasteiger partial charge in [0.05, 0.1) is 0 Å². The second-order valence-electron chi connectivity index (χ2n) is 6.04. The van der Waals surface area contributed by atoms with Crippen molar-refractivity contribution in [1.29, 1.82) is 0 Å². The molecule has 0 fully saturated rings. The first kappa shape index (κ1) is 18.1. The lowest BCUT2D eigenvalue weighted by Crippen LogP contribution is -2.49. The van der Waals surface area contributed by atoms with Crippen LogP contribution in [0.25, 0.3) is 0 Å². The molecular weight excluding hydrogens is 279 g/mol. The van der Waals surface area contributed by atoms with Crippen LogP contribution in [0.4, 0.5) is 4.79 Å². The van der Waals surface area contributed by atoms with Gasteiger partial charge in [0.2, 0.25) is 5.91 Å². The summed E-state index contributed by atoms with van der Waals surface area (Å²) in [7, 11) is 5.74. The van der Waals surface area contributed by atoms with Crippen LogP contribution in [-0.2, 0) is 16.0 Å². The summed E-state index contributed by atoms with van der Waals surface area (Å²) < 4.78 is 5.20. The molecule has 0 aliphatic rings. The van der Waals surface area contributed by atoms with Crippen molar-refractivity contribution in [3.8, 4) is 0 Å². The molecule has 0 saturated carbocycles. The maximum atomic E-state index is 12.1. The van der Waals surface area contributed by atoms with Crippen molar-refractivity contribution in [1.82, 2.24) is 10.6 Å². The Morgan fingerprint density at radius 3 is 2.55 bits per heavy atom. The molecule has 22 heavy (non-hydrogen) atoms. The maximum absolute atomic E-state index is 12.1. The van der Waals surface area contributed by atoms with Gasteiger partial charge >= 0.3 is 6.09 Å². The molecule has 2 N–H and O–H groups in total. The average molecular weight is 302 g/mol. The molecule has 0 heterocycles. The Morgan fingerprint density at radius 2 is 2.00 bits per heavy atom. The van der Waals surface area contributed by atoms with E-state index in [0.29, 0.717) is 18.4 Å². The van der Waals surface area contributed by atoms with E-state index in [4.69, 9.17) is 12.6 Å². The van der Waals surface area contributed by atoms with Gasteiger partial charge in [-0.15, -0.1) is 0 Å². The van der Waals surface area contributed by atoms with Crippen LogP contribution >= 0.6 is 0 Å². The minimum absolute atomic E-state index is 0.254. The molecule has 0 bridgehead atoms. The van der Waals surface area contributed by atoms with Gasteiger partial charge in [-0.05, 0) is 33.3 Å². The van der Waals surface area contributed by atoms with E-state index in [2.05, 4.69) is 10.6 Å². The molecule has 1 atom stereocenters. The van der Waals surface area contributed by atoms with Gasteiger partial charge in [-0.3, -0.25) is 4.79 Å². The normalized spacial score (nSPS) is 12.4. The van der Waals surface area contributed by atoms with E-state index in [1.54, 1.807) is 32.9 Å². The van der Waals surface area contributed by atoms with Gasteiger partial charge < -0.3 is 15.4 Å². The van der Waals surface area contributed by atoms with Crippen LogP contribution in [0.1, 0.15) is 33.3 Å². The summed E-state index contributed by atoms with van der Waals surface area (Å²) in [5.74, 6) is -0.254. The van der Waals surface area contributed by atoms with E-state index in [1.807, 2.05) is 19.1 Å². The van der Waals surface area contributed by atoms with Crippen molar-refractivity contribution in [2.45, 2.75) is 45.8 Å². The lowest BCUT2D eigenvalue weighted by Gasteiger charge is -2.23. The van der Waals surface area contributed by atoms with Crippen molar-refractivity contribution < 1.29 is 14.3 Å². The van der Waals surface area contributed by atoms with Gasteiger partial charge in [-0.1, -0.05) is 29.7 Å². The monoisotopic (exact) mass is 302 g/mol. The van der Waals surface area contributed by atoms with Crippen molar-refractivity contribution >= 4 is 25.3 Å². The third-order valence-corrected chi connectivity index (χ3v) is 2.75. The number of amides is 2. The lowest BCUT2D eigenvalue weighted by atomic mass is 9.92. The highest BCUT2D eigenvalue weighted by molar-refractivity contribution is 6.32. The van der Waals surface area contributed by atoms with Crippen molar-refractivity contribution in [2.75, 3.05) is 6.54 Å². The van der Waals surface area contributed by atoms with Gasteiger partial charge in [-0.25, -0.2) is 4.79 Å². The lowest BCUT2D eigenvalue weighted by molar-refractivity contribution is -0.123. The third kappa shape index (κ3) is 6.65. The zero-order chi connectivity index (χ0) is 16.8. The van der Waals surface area contributed by atoms with Gasteiger partial charge in [0.25, 0.3) is 0 Å². The van der Waals surface area contributed by atoms with Crippen LogP contribution in [0, 0.1) is 0 Å².